The zero-order valence-corrected chi connectivity index (χ0v) is 24.2. The van der Waals surface area contributed by atoms with Crippen molar-refractivity contribution in [3.63, 3.8) is 0 Å². The second kappa shape index (κ2) is 12.1. The van der Waals surface area contributed by atoms with Crippen LogP contribution in [-0.2, 0) is 17.9 Å². The molecule has 2 aromatic carbocycles. The maximum atomic E-state index is 13.3. The Hall–Kier alpha value is -3.53. The number of fused-ring (bicyclic) bond motifs is 2. The third-order valence-corrected chi connectivity index (χ3v) is 8.48. The van der Waals surface area contributed by atoms with Crippen molar-refractivity contribution in [2.75, 3.05) is 50.8 Å². The normalized spacial score (nSPS) is 16.1. The molecule has 3 heterocycles. The topological polar surface area (TPSA) is 107 Å². The average molecular weight is 585 g/mol. The van der Waals surface area contributed by atoms with Crippen LogP contribution in [0.25, 0.3) is 21.8 Å². The molecular formula is C29H34F2N6O3S. The van der Waals surface area contributed by atoms with Gasteiger partial charge in [-0.2, -0.15) is 10.4 Å². The van der Waals surface area contributed by atoms with Crippen LogP contribution in [0.3, 0.4) is 0 Å². The van der Waals surface area contributed by atoms with E-state index in [1.54, 1.807) is 10.7 Å². The van der Waals surface area contributed by atoms with Crippen molar-refractivity contribution in [1.82, 2.24) is 24.6 Å². The van der Waals surface area contributed by atoms with Gasteiger partial charge in [-0.1, -0.05) is 18.2 Å². The van der Waals surface area contributed by atoms with Crippen molar-refractivity contribution in [3.05, 3.63) is 63.8 Å². The highest BCUT2D eigenvalue weighted by Gasteiger charge is 2.23. The number of halogens is 2. The van der Waals surface area contributed by atoms with Gasteiger partial charge in [-0.3, -0.25) is 4.79 Å². The number of nitriles is 1. The van der Waals surface area contributed by atoms with E-state index in [0.717, 1.165) is 24.1 Å². The molecule has 1 atom stereocenters. The monoisotopic (exact) mass is 584 g/mol. The Kier molecular flexibility index (Phi) is 8.58. The first-order chi connectivity index (χ1) is 19.6. The predicted molar refractivity (Wildman–Crippen MR) is 157 cm³/mol. The largest absolute Gasteiger partial charge is 0.486 e. The van der Waals surface area contributed by atoms with Crippen molar-refractivity contribution < 1.29 is 18.3 Å². The first-order valence-corrected chi connectivity index (χ1v) is 16.5. The van der Waals surface area contributed by atoms with Gasteiger partial charge in [0.15, 0.2) is 0 Å². The summed E-state index contributed by atoms with van der Waals surface area (Å²) in [4.78, 5) is 18.2. The van der Waals surface area contributed by atoms with E-state index in [-0.39, 0.29) is 29.6 Å². The predicted octanol–water partition coefficient (Wildman–Crippen LogP) is 4.06. The lowest BCUT2D eigenvalue weighted by Crippen LogP contribution is -2.30. The van der Waals surface area contributed by atoms with Crippen LogP contribution in [0, 0.1) is 11.3 Å². The second-order valence-electron chi connectivity index (χ2n) is 11.0. The Morgan fingerprint density at radius 1 is 1.22 bits per heavy atom. The van der Waals surface area contributed by atoms with Crippen LogP contribution in [0.2, 0.25) is 0 Å². The summed E-state index contributed by atoms with van der Waals surface area (Å²) >= 11 is 0. The van der Waals surface area contributed by atoms with Gasteiger partial charge in [0.2, 0.25) is 0 Å². The third-order valence-electron chi connectivity index (χ3n) is 7.08. The van der Waals surface area contributed by atoms with E-state index in [4.69, 9.17) is 19.6 Å². The molecule has 1 N–H and O–H groups in total. The van der Waals surface area contributed by atoms with Gasteiger partial charge in [-0.05, 0) is 43.9 Å². The fourth-order valence-corrected chi connectivity index (χ4v) is 5.57. The highest BCUT2D eigenvalue weighted by molar-refractivity contribution is 8.32. The SMILES string of the molecule is CS(C)(C)CCOCn1c(Cc2nn(C3CCNC3)c(=O)c3ccccc23)nc2cc(OCC(F)F)c(C#N)cc21. The zero-order valence-electron chi connectivity index (χ0n) is 23.4. The first-order valence-electron chi connectivity index (χ1n) is 13.4. The summed E-state index contributed by atoms with van der Waals surface area (Å²) in [7, 11) is -0.756. The van der Waals surface area contributed by atoms with Crippen molar-refractivity contribution >= 4 is 31.8 Å². The van der Waals surface area contributed by atoms with Gasteiger partial charge in [0, 0.05) is 23.8 Å². The number of ether oxygens (including phenoxy) is 2. The molecule has 41 heavy (non-hydrogen) atoms. The fourth-order valence-electron chi connectivity index (χ4n) is 4.96. The van der Waals surface area contributed by atoms with E-state index in [0.29, 0.717) is 47.5 Å². The highest BCUT2D eigenvalue weighted by Crippen LogP contribution is 2.34. The second-order valence-corrected chi connectivity index (χ2v) is 15.6. The molecule has 5 rings (SSSR count). The summed E-state index contributed by atoms with van der Waals surface area (Å²) < 4.78 is 40.5. The summed E-state index contributed by atoms with van der Waals surface area (Å²) in [6.07, 6.45) is 5.10. The molecule has 2 aromatic heterocycles. The number of imidazole rings is 1. The summed E-state index contributed by atoms with van der Waals surface area (Å²) in [6.45, 7) is 1.42. The smallest absolute Gasteiger partial charge is 0.274 e. The molecule has 0 spiro atoms. The van der Waals surface area contributed by atoms with Gasteiger partial charge >= 0.3 is 0 Å². The lowest BCUT2D eigenvalue weighted by molar-refractivity contribution is 0.0818. The first kappa shape index (κ1) is 29.0. The van der Waals surface area contributed by atoms with Gasteiger partial charge in [0.05, 0.1) is 46.7 Å². The molecular weight excluding hydrogens is 550 g/mol. The zero-order chi connectivity index (χ0) is 29.1. The number of benzene rings is 2. The molecule has 12 heteroatoms. The van der Waals surface area contributed by atoms with E-state index in [1.165, 1.54) is 6.07 Å². The molecule has 0 amide bonds. The Morgan fingerprint density at radius 3 is 2.68 bits per heavy atom. The summed E-state index contributed by atoms with van der Waals surface area (Å²) in [5.41, 5.74) is 1.82. The number of nitrogens with one attached hydrogen (secondary N) is 1. The standard InChI is InChI=1S/C29H34F2N6O3S/c1-41(2,3)11-10-39-18-36-25-12-19(15-32)26(40-17-27(30)31)13-24(25)34-28(36)14-23-21-6-4-5-7-22(21)29(38)37(35-23)20-8-9-33-16-20/h4-7,12-13,20,27,33H,8-11,14,16-18H2,1-3H3. The van der Waals surface area contributed by atoms with Crippen molar-refractivity contribution in [2.45, 2.75) is 32.0 Å². The average Bonchev–Trinajstić information content (AvgIpc) is 3.58. The fraction of sp³-hybridized carbons (Fsp3) is 0.448. The molecule has 1 saturated heterocycles. The van der Waals surface area contributed by atoms with E-state index >= 15 is 0 Å². The summed E-state index contributed by atoms with van der Waals surface area (Å²) in [6, 6.07) is 12.5. The Bertz CT molecular complexity index is 1650. The molecule has 218 valence electrons. The minimum atomic E-state index is -2.67. The number of aromatic nitrogens is 4. The Labute approximate surface area is 238 Å². The van der Waals surface area contributed by atoms with Crippen molar-refractivity contribution in [2.24, 2.45) is 0 Å². The third kappa shape index (κ3) is 6.53. The van der Waals surface area contributed by atoms with E-state index in [1.807, 2.05) is 34.9 Å². The van der Waals surface area contributed by atoms with Crippen LogP contribution in [0.1, 0.15) is 29.5 Å². The quantitative estimate of drug-likeness (QED) is 0.265. The maximum Gasteiger partial charge on any atom is 0.274 e. The van der Waals surface area contributed by atoms with Crippen LogP contribution in [0.15, 0.2) is 41.2 Å². The molecule has 1 aliphatic rings. The molecule has 0 saturated carbocycles. The van der Waals surface area contributed by atoms with Gasteiger partial charge in [0.1, 0.15) is 31.0 Å². The molecule has 9 nitrogen and oxygen atoms in total. The van der Waals surface area contributed by atoms with E-state index < -0.39 is 23.1 Å². The number of nitrogens with zero attached hydrogens (tertiary/aromatic N) is 5. The van der Waals surface area contributed by atoms with Gasteiger partial charge in [0.25, 0.3) is 12.0 Å². The summed E-state index contributed by atoms with van der Waals surface area (Å²) in [5, 5.41) is 19.2. The molecule has 1 fully saturated rings. The Morgan fingerprint density at radius 2 is 2.00 bits per heavy atom. The van der Waals surface area contributed by atoms with Gasteiger partial charge < -0.3 is 19.4 Å². The lowest BCUT2D eigenvalue weighted by Gasteiger charge is -2.24. The van der Waals surface area contributed by atoms with Gasteiger partial charge in [-0.25, -0.2) is 28.5 Å². The molecule has 0 aliphatic carbocycles. The molecule has 0 bridgehead atoms. The van der Waals surface area contributed by atoms with Crippen LogP contribution in [-0.4, -0.2) is 76.6 Å². The number of hydrogen-bond donors (Lipinski definition) is 1. The van der Waals surface area contributed by atoms with Crippen LogP contribution in [0.4, 0.5) is 8.78 Å². The number of hydrogen-bond acceptors (Lipinski definition) is 7. The van der Waals surface area contributed by atoms with Crippen LogP contribution in [0.5, 0.6) is 5.75 Å². The molecule has 1 unspecified atom stereocenters. The van der Waals surface area contributed by atoms with Crippen molar-refractivity contribution in [1.29, 1.82) is 5.26 Å². The highest BCUT2D eigenvalue weighted by atomic mass is 32.3. The van der Waals surface area contributed by atoms with Gasteiger partial charge in [-0.15, -0.1) is 0 Å². The minimum absolute atomic E-state index is 0.0411. The number of alkyl halides is 2. The maximum absolute atomic E-state index is 13.3. The molecule has 1 aliphatic heterocycles. The molecule has 0 radical (unpaired) electrons. The van der Waals surface area contributed by atoms with Crippen LogP contribution >= 0.6 is 10.0 Å². The van der Waals surface area contributed by atoms with E-state index in [9.17, 15) is 18.8 Å². The Balaban J connectivity index is 1.59. The summed E-state index contributed by atoms with van der Waals surface area (Å²) in [5.74, 6) is 1.60. The van der Waals surface area contributed by atoms with E-state index in [2.05, 4.69) is 24.1 Å². The van der Waals surface area contributed by atoms with Crippen molar-refractivity contribution in [3.8, 4) is 11.8 Å². The van der Waals surface area contributed by atoms with Crippen LogP contribution < -0.4 is 15.6 Å². The minimum Gasteiger partial charge on any atom is -0.486 e. The molecule has 4 aromatic rings. The lowest BCUT2D eigenvalue weighted by atomic mass is 10.1. The number of rotatable bonds is 11.